The summed E-state index contributed by atoms with van der Waals surface area (Å²) in [6, 6.07) is 0. The van der Waals surface area contributed by atoms with Crippen LogP contribution in [0.3, 0.4) is 0 Å². The van der Waals surface area contributed by atoms with Crippen LogP contribution in [-0.2, 0) is 16.6 Å². The molecule has 1 saturated heterocycles. The van der Waals surface area contributed by atoms with Crippen molar-refractivity contribution in [2.75, 3.05) is 20.2 Å². The van der Waals surface area contributed by atoms with Gasteiger partial charge in [0.1, 0.15) is 10.9 Å². The van der Waals surface area contributed by atoms with E-state index in [1.54, 1.807) is 11.9 Å². The molecule has 16 heavy (non-hydrogen) atoms. The Bertz CT molecular complexity index is 379. The summed E-state index contributed by atoms with van der Waals surface area (Å²) in [6.45, 7) is 3.46. The molecule has 1 aliphatic rings. The third kappa shape index (κ3) is 2.22. The highest BCUT2D eigenvalue weighted by Gasteiger charge is 2.34. The second kappa shape index (κ2) is 4.47. The van der Waals surface area contributed by atoms with Crippen LogP contribution in [0.2, 0.25) is 0 Å². The Morgan fingerprint density at radius 2 is 2.31 bits per heavy atom. The highest BCUT2D eigenvalue weighted by molar-refractivity contribution is 7.97. The van der Waals surface area contributed by atoms with E-state index in [0.717, 1.165) is 23.9 Å². The number of hydrogen-bond acceptors (Lipinski definition) is 5. The molecule has 0 unspecified atom stereocenters. The number of aryl methyl sites for hydroxylation is 2. The zero-order valence-corrected chi connectivity index (χ0v) is 10.5. The van der Waals surface area contributed by atoms with Crippen LogP contribution in [0, 0.1) is 12.8 Å². The zero-order valence-electron chi connectivity index (χ0n) is 9.64. The topological polar surface area (TPSA) is 47.4 Å². The van der Waals surface area contributed by atoms with Crippen molar-refractivity contribution in [1.29, 1.82) is 0 Å². The molecule has 0 aliphatic carbocycles. The molecule has 2 heterocycles. The lowest BCUT2D eigenvalue weighted by Gasteiger charge is -2.35. The second-order valence-electron chi connectivity index (χ2n) is 3.90. The van der Waals surface area contributed by atoms with E-state index in [2.05, 4.69) is 14.0 Å². The molecule has 1 aliphatic heterocycles. The van der Waals surface area contributed by atoms with Gasteiger partial charge in [0, 0.05) is 26.3 Å². The lowest BCUT2D eigenvalue weighted by molar-refractivity contribution is -0.148. The van der Waals surface area contributed by atoms with Crippen molar-refractivity contribution in [2.24, 2.45) is 13.0 Å². The first-order chi connectivity index (χ1) is 7.60. The smallest absolute Gasteiger partial charge is 0.311 e. The number of aromatic nitrogens is 2. The Balaban J connectivity index is 1.83. The summed E-state index contributed by atoms with van der Waals surface area (Å²) in [5.41, 5.74) is 0. The standard InChI is InChI=1S/C10H15N3O2S/c1-7-11-9(6-12(7)2)16-13-4-8(5-13)10(14)15-3/h6,8H,4-5H2,1-3H3. The molecule has 0 amide bonds. The van der Waals surface area contributed by atoms with E-state index in [9.17, 15) is 4.79 Å². The fraction of sp³-hybridized carbons (Fsp3) is 0.600. The number of rotatable bonds is 3. The van der Waals surface area contributed by atoms with Gasteiger partial charge in [-0.15, -0.1) is 0 Å². The Morgan fingerprint density at radius 1 is 1.62 bits per heavy atom. The van der Waals surface area contributed by atoms with Gasteiger partial charge < -0.3 is 9.30 Å². The molecule has 0 spiro atoms. The molecule has 0 aromatic carbocycles. The summed E-state index contributed by atoms with van der Waals surface area (Å²) in [5, 5.41) is 0.975. The predicted octanol–water partition coefficient (Wildman–Crippen LogP) is 0.840. The van der Waals surface area contributed by atoms with Crippen molar-refractivity contribution in [3.63, 3.8) is 0 Å². The fourth-order valence-corrected chi connectivity index (χ4v) is 2.68. The van der Waals surface area contributed by atoms with Crippen molar-refractivity contribution < 1.29 is 9.53 Å². The minimum absolute atomic E-state index is 0.0299. The first-order valence-electron chi connectivity index (χ1n) is 5.11. The zero-order chi connectivity index (χ0) is 11.7. The molecule has 0 N–H and O–H groups in total. The molecule has 88 valence electrons. The van der Waals surface area contributed by atoms with Crippen molar-refractivity contribution in [1.82, 2.24) is 13.9 Å². The van der Waals surface area contributed by atoms with Crippen molar-refractivity contribution in [2.45, 2.75) is 11.9 Å². The van der Waals surface area contributed by atoms with Crippen molar-refractivity contribution >= 4 is 17.9 Å². The largest absolute Gasteiger partial charge is 0.469 e. The van der Waals surface area contributed by atoms with E-state index in [1.807, 2.05) is 24.7 Å². The molecule has 1 aromatic rings. The number of esters is 1. The highest BCUT2D eigenvalue weighted by Crippen LogP contribution is 2.30. The Kier molecular flexibility index (Phi) is 3.20. The highest BCUT2D eigenvalue weighted by atomic mass is 32.2. The van der Waals surface area contributed by atoms with Gasteiger partial charge in [-0.3, -0.25) is 4.79 Å². The van der Waals surface area contributed by atoms with E-state index >= 15 is 0 Å². The first kappa shape index (κ1) is 11.5. The van der Waals surface area contributed by atoms with Gasteiger partial charge in [-0.2, -0.15) is 0 Å². The fourth-order valence-electron chi connectivity index (χ4n) is 1.53. The lowest BCUT2D eigenvalue weighted by atomic mass is 10.0. The molecular formula is C10H15N3O2S. The van der Waals surface area contributed by atoms with Crippen molar-refractivity contribution in [3.05, 3.63) is 12.0 Å². The molecule has 0 atom stereocenters. The summed E-state index contributed by atoms with van der Waals surface area (Å²) < 4.78 is 8.78. The summed E-state index contributed by atoms with van der Waals surface area (Å²) >= 11 is 1.59. The normalized spacial score (nSPS) is 17.2. The lowest BCUT2D eigenvalue weighted by Crippen LogP contribution is -2.46. The number of carbonyl (C=O) groups excluding carboxylic acids is 1. The Morgan fingerprint density at radius 3 is 2.81 bits per heavy atom. The van der Waals surface area contributed by atoms with E-state index < -0.39 is 0 Å². The second-order valence-corrected chi connectivity index (χ2v) is 5.01. The summed E-state index contributed by atoms with van der Waals surface area (Å²) in [6.07, 6.45) is 1.99. The maximum absolute atomic E-state index is 11.2. The average Bonchev–Trinajstić information content (AvgIpc) is 2.50. The molecule has 0 bridgehead atoms. The van der Waals surface area contributed by atoms with Gasteiger partial charge in [0.15, 0.2) is 0 Å². The van der Waals surface area contributed by atoms with Crippen LogP contribution < -0.4 is 0 Å². The molecule has 0 saturated carbocycles. The SMILES string of the molecule is COC(=O)C1CN(Sc2cn(C)c(C)n2)C1. The van der Waals surface area contributed by atoms with Crippen LogP contribution in [0.5, 0.6) is 0 Å². The van der Waals surface area contributed by atoms with Crippen LogP contribution in [-0.4, -0.2) is 40.0 Å². The van der Waals surface area contributed by atoms with Crippen LogP contribution in [0.1, 0.15) is 5.82 Å². The Labute approximate surface area is 98.9 Å². The van der Waals surface area contributed by atoms with Gasteiger partial charge >= 0.3 is 5.97 Å². The molecule has 1 fully saturated rings. The van der Waals surface area contributed by atoms with E-state index in [1.165, 1.54) is 7.11 Å². The molecule has 1 aromatic heterocycles. The number of methoxy groups -OCH3 is 1. The summed E-state index contributed by atoms with van der Waals surface area (Å²) in [7, 11) is 3.40. The van der Waals surface area contributed by atoms with E-state index in [4.69, 9.17) is 0 Å². The number of ether oxygens (including phenoxy) is 1. The number of hydrogen-bond donors (Lipinski definition) is 0. The molecule has 5 nitrogen and oxygen atoms in total. The molecule has 0 radical (unpaired) electrons. The minimum Gasteiger partial charge on any atom is -0.469 e. The average molecular weight is 241 g/mol. The number of imidazole rings is 1. The van der Waals surface area contributed by atoms with Gasteiger partial charge in [-0.05, 0) is 18.9 Å². The number of nitrogens with zero attached hydrogens (tertiary/aromatic N) is 3. The minimum atomic E-state index is -0.117. The van der Waals surface area contributed by atoms with E-state index in [0.29, 0.717) is 0 Å². The predicted molar refractivity (Wildman–Crippen MR) is 60.9 cm³/mol. The first-order valence-corrected chi connectivity index (χ1v) is 5.88. The van der Waals surface area contributed by atoms with Crippen LogP contribution in [0.25, 0.3) is 0 Å². The van der Waals surface area contributed by atoms with Gasteiger partial charge in [0.2, 0.25) is 0 Å². The van der Waals surface area contributed by atoms with Gasteiger partial charge in [-0.1, -0.05) is 0 Å². The summed E-state index contributed by atoms with van der Waals surface area (Å²) in [4.78, 5) is 15.6. The van der Waals surface area contributed by atoms with Gasteiger partial charge in [0.05, 0.1) is 13.0 Å². The summed E-state index contributed by atoms with van der Waals surface area (Å²) in [5.74, 6) is 0.906. The molecule has 6 heteroatoms. The monoisotopic (exact) mass is 241 g/mol. The van der Waals surface area contributed by atoms with Crippen LogP contribution in [0.4, 0.5) is 0 Å². The maximum Gasteiger partial charge on any atom is 0.311 e. The Hall–Kier alpha value is -1.01. The van der Waals surface area contributed by atoms with Gasteiger partial charge in [-0.25, -0.2) is 9.29 Å². The van der Waals surface area contributed by atoms with Crippen LogP contribution >= 0.6 is 11.9 Å². The van der Waals surface area contributed by atoms with Gasteiger partial charge in [0.25, 0.3) is 0 Å². The van der Waals surface area contributed by atoms with E-state index in [-0.39, 0.29) is 11.9 Å². The van der Waals surface area contributed by atoms with Crippen LogP contribution in [0.15, 0.2) is 11.2 Å². The molecular weight excluding hydrogens is 226 g/mol. The number of carbonyl (C=O) groups is 1. The quantitative estimate of drug-likeness (QED) is 0.580. The third-order valence-corrected chi connectivity index (χ3v) is 3.63. The van der Waals surface area contributed by atoms with Crippen molar-refractivity contribution in [3.8, 4) is 0 Å². The maximum atomic E-state index is 11.2. The third-order valence-electron chi connectivity index (χ3n) is 2.69. The molecule has 2 rings (SSSR count).